The molecular formula is C15H23N3O. The summed E-state index contributed by atoms with van der Waals surface area (Å²) in [5.41, 5.74) is 2.16. The van der Waals surface area contributed by atoms with Gasteiger partial charge in [0, 0.05) is 36.7 Å². The number of Topliss-reactive ketones (excluding diaryl/α,β-unsaturated/α-hetero) is 1. The molecule has 4 heteroatoms. The molecule has 0 N–H and O–H groups in total. The summed E-state index contributed by atoms with van der Waals surface area (Å²) in [5, 5.41) is 0. The van der Waals surface area contributed by atoms with Crippen molar-refractivity contribution >= 4 is 5.78 Å². The van der Waals surface area contributed by atoms with E-state index in [0.29, 0.717) is 18.8 Å². The summed E-state index contributed by atoms with van der Waals surface area (Å²) in [4.78, 5) is 22.5. The molecule has 1 aromatic rings. The number of likely N-dealkylation sites (tertiary alicyclic amines) is 1. The van der Waals surface area contributed by atoms with E-state index in [1.54, 1.807) is 6.92 Å². The lowest BCUT2D eigenvalue weighted by atomic mass is 9.94. The van der Waals surface area contributed by atoms with Crippen molar-refractivity contribution in [3.05, 3.63) is 23.3 Å². The van der Waals surface area contributed by atoms with Crippen LogP contribution in [0.3, 0.4) is 0 Å². The number of rotatable bonds is 4. The summed E-state index contributed by atoms with van der Waals surface area (Å²) in [6.45, 7) is 5.88. The van der Waals surface area contributed by atoms with Crippen LogP contribution in [0.4, 0.5) is 0 Å². The third kappa shape index (κ3) is 4.10. The van der Waals surface area contributed by atoms with Crippen LogP contribution in [0.2, 0.25) is 0 Å². The van der Waals surface area contributed by atoms with E-state index in [9.17, 15) is 4.79 Å². The van der Waals surface area contributed by atoms with Crippen molar-refractivity contribution in [3.8, 4) is 0 Å². The van der Waals surface area contributed by atoms with E-state index in [0.717, 1.165) is 23.8 Å². The predicted molar refractivity (Wildman–Crippen MR) is 75.2 cm³/mol. The van der Waals surface area contributed by atoms with E-state index in [1.165, 1.54) is 19.4 Å². The van der Waals surface area contributed by atoms with E-state index >= 15 is 0 Å². The summed E-state index contributed by atoms with van der Waals surface area (Å²) in [5.74, 6) is 1.53. The molecule has 0 amide bonds. The minimum absolute atomic E-state index is 0.198. The number of nitrogens with zero attached hydrogens (tertiary/aromatic N) is 3. The maximum Gasteiger partial charge on any atom is 0.130 e. The van der Waals surface area contributed by atoms with Crippen LogP contribution in [-0.4, -0.2) is 40.8 Å². The fraction of sp³-hybridized carbons (Fsp3) is 0.667. The molecule has 1 aliphatic heterocycles. The van der Waals surface area contributed by atoms with Gasteiger partial charge in [-0.1, -0.05) is 0 Å². The zero-order valence-corrected chi connectivity index (χ0v) is 12.1. The number of ketones is 1. The van der Waals surface area contributed by atoms with Gasteiger partial charge in [-0.25, -0.2) is 9.97 Å². The topological polar surface area (TPSA) is 46.1 Å². The molecule has 0 aliphatic carbocycles. The highest BCUT2D eigenvalue weighted by atomic mass is 16.1. The quantitative estimate of drug-likeness (QED) is 0.833. The van der Waals surface area contributed by atoms with Crippen LogP contribution in [0.25, 0.3) is 0 Å². The second-order valence-corrected chi connectivity index (χ2v) is 5.65. The molecule has 1 atom stereocenters. The Balaban J connectivity index is 2.13. The van der Waals surface area contributed by atoms with E-state index < -0.39 is 0 Å². The molecule has 0 spiro atoms. The van der Waals surface area contributed by atoms with Gasteiger partial charge in [-0.05, 0) is 46.3 Å². The number of hydrogen-bond acceptors (Lipinski definition) is 4. The Morgan fingerprint density at radius 2 is 2.26 bits per heavy atom. The van der Waals surface area contributed by atoms with E-state index in [4.69, 9.17) is 0 Å². The van der Waals surface area contributed by atoms with Gasteiger partial charge in [-0.2, -0.15) is 0 Å². The van der Waals surface area contributed by atoms with E-state index in [-0.39, 0.29) is 5.78 Å². The zero-order valence-electron chi connectivity index (χ0n) is 12.1. The lowest BCUT2D eigenvalue weighted by Gasteiger charge is -2.29. The maximum absolute atomic E-state index is 11.1. The number of piperidine rings is 1. The Morgan fingerprint density at radius 1 is 1.47 bits per heavy atom. The Hall–Kier alpha value is -1.29. The molecule has 0 aromatic carbocycles. The average Bonchev–Trinajstić information content (AvgIpc) is 2.36. The summed E-state index contributed by atoms with van der Waals surface area (Å²) in [6, 6.07) is 2.10. The van der Waals surface area contributed by atoms with Gasteiger partial charge in [-0.3, -0.25) is 0 Å². The molecule has 4 nitrogen and oxygen atoms in total. The fourth-order valence-corrected chi connectivity index (χ4v) is 2.67. The molecule has 2 rings (SSSR count). The number of aromatic nitrogens is 2. The molecule has 19 heavy (non-hydrogen) atoms. The largest absolute Gasteiger partial charge is 0.306 e. The highest BCUT2D eigenvalue weighted by Crippen LogP contribution is 2.25. The molecule has 0 bridgehead atoms. The summed E-state index contributed by atoms with van der Waals surface area (Å²) < 4.78 is 0. The van der Waals surface area contributed by atoms with Gasteiger partial charge in [0.05, 0.1) is 0 Å². The summed E-state index contributed by atoms with van der Waals surface area (Å²) >= 11 is 0. The minimum Gasteiger partial charge on any atom is -0.306 e. The van der Waals surface area contributed by atoms with Crippen molar-refractivity contribution in [1.82, 2.24) is 14.9 Å². The fourth-order valence-electron chi connectivity index (χ4n) is 2.67. The Labute approximate surface area is 115 Å². The smallest absolute Gasteiger partial charge is 0.130 e. The molecule has 1 aromatic heterocycles. The van der Waals surface area contributed by atoms with Crippen LogP contribution < -0.4 is 0 Å². The second-order valence-electron chi connectivity index (χ2n) is 5.65. The van der Waals surface area contributed by atoms with Crippen molar-refractivity contribution < 1.29 is 4.79 Å². The molecular weight excluding hydrogens is 238 g/mol. The first kappa shape index (κ1) is 14.1. The average molecular weight is 261 g/mol. The standard InChI is InChI=1S/C15H23N3O/c1-11-9-14(13-5-4-8-18(3)10-13)17-15(16-11)7-6-12(2)19/h9,13H,4-8,10H2,1-3H3. The van der Waals surface area contributed by atoms with Crippen LogP contribution >= 0.6 is 0 Å². The molecule has 2 heterocycles. The van der Waals surface area contributed by atoms with Gasteiger partial charge < -0.3 is 9.69 Å². The van der Waals surface area contributed by atoms with Crippen molar-refractivity contribution in [3.63, 3.8) is 0 Å². The summed E-state index contributed by atoms with van der Waals surface area (Å²) in [7, 11) is 2.16. The Morgan fingerprint density at radius 3 is 2.95 bits per heavy atom. The van der Waals surface area contributed by atoms with E-state index in [2.05, 4.69) is 28.0 Å². The minimum atomic E-state index is 0.198. The van der Waals surface area contributed by atoms with Gasteiger partial charge in [0.25, 0.3) is 0 Å². The van der Waals surface area contributed by atoms with Gasteiger partial charge in [0.1, 0.15) is 11.6 Å². The van der Waals surface area contributed by atoms with Crippen LogP contribution in [0.15, 0.2) is 6.07 Å². The number of hydrogen-bond donors (Lipinski definition) is 0. The summed E-state index contributed by atoms with van der Waals surface area (Å²) in [6.07, 6.45) is 3.62. The molecule has 0 saturated carbocycles. The zero-order chi connectivity index (χ0) is 13.8. The lowest BCUT2D eigenvalue weighted by Crippen LogP contribution is -2.31. The first-order valence-electron chi connectivity index (χ1n) is 7.07. The van der Waals surface area contributed by atoms with Crippen LogP contribution in [0.5, 0.6) is 0 Å². The SMILES string of the molecule is CC(=O)CCc1nc(C)cc(C2CCCN(C)C2)n1. The van der Waals surface area contributed by atoms with Crippen LogP contribution in [-0.2, 0) is 11.2 Å². The van der Waals surface area contributed by atoms with Crippen molar-refractivity contribution in [2.24, 2.45) is 0 Å². The van der Waals surface area contributed by atoms with Crippen molar-refractivity contribution in [2.75, 3.05) is 20.1 Å². The predicted octanol–water partition coefficient (Wildman–Crippen LogP) is 2.12. The van der Waals surface area contributed by atoms with Gasteiger partial charge in [0.15, 0.2) is 0 Å². The highest BCUT2D eigenvalue weighted by Gasteiger charge is 2.20. The normalized spacial score (nSPS) is 20.5. The molecule has 104 valence electrons. The Bertz CT molecular complexity index is 459. The first-order valence-corrected chi connectivity index (χ1v) is 7.07. The third-order valence-electron chi connectivity index (χ3n) is 3.66. The molecule has 1 unspecified atom stereocenters. The molecule has 0 radical (unpaired) electrons. The number of aryl methyl sites for hydroxylation is 2. The first-order chi connectivity index (χ1) is 9.04. The molecule has 1 saturated heterocycles. The Kier molecular flexibility index (Phi) is 4.64. The van der Waals surface area contributed by atoms with Crippen LogP contribution in [0, 0.1) is 6.92 Å². The third-order valence-corrected chi connectivity index (χ3v) is 3.66. The lowest BCUT2D eigenvalue weighted by molar-refractivity contribution is -0.117. The monoisotopic (exact) mass is 261 g/mol. The molecule has 1 fully saturated rings. The number of likely N-dealkylation sites (N-methyl/N-ethyl adjacent to an activating group) is 1. The van der Waals surface area contributed by atoms with E-state index in [1.807, 2.05) is 6.92 Å². The van der Waals surface area contributed by atoms with Crippen LogP contribution in [0.1, 0.15) is 49.3 Å². The number of carbonyl (C=O) groups excluding carboxylic acids is 1. The number of carbonyl (C=O) groups is 1. The van der Waals surface area contributed by atoms with Crippen molar-refractivity contribution in [1.29, 1.82) is 0 Å². The maximum atomic E-state index is 11.1. The van der Waals surface area contributed by atoms with Gasteiger partial charge in [0.2, 0.25) is 0 Å². The van der Waals surface area contributed by atoms with Crippen molar-refractivity contribution in [2.45, 2.75) is 45.4 Å². The van der Waals surface area contributed by atoms with Gasteiger partial charge >= 0.3 is 0 Å². The van der Waals surface area contributed by atoms with Gasteiger partial charge in [-0.15, -0.1) is 0 Å². The highest BCUT2D eigenvalue weighted by molar-refractivity contribution is 5.75. The second kappa shape index (κ2) is 6.24. The molecule has 1 aliphatic rings.